The second-order valence-electron chi connectivity index (χ2n) is 5.38. The van der Waals surface area contributed by atoms with Crippen LogP contribution in [0.3, 0.4) is 0 Å². The van der Waals surface area contributed by atoms with Gasteiger partial charge >= 0.3 is 0 Å². The third-order valence-electron chi connectivity index (χ3n) is 3.62. The number of nitro benzene ring substituents is 1. The maximum absolute atomic E-state index is 10.6. The van der Waals surface area contributed by atoms with Crippen molar-refractivity contribution in [3.63, 3.8) is 0 Å². The van der Waals surface area contributed by atoms with E-state index in [4.69, 9.17) is 10.2 Å². The fraction of sp³-hybridized carbons (Fsp3) is 0.294. The van der Waals surface area contributed by atoms with E-state index in [2.05, 4.69) is 10.2 Å². The maximum Gasteiger partial charge on any atom is 0.269 e. The minimum absolute atomic E-state index is 0.000646. The van der Waals surface area contributed by atoms with Crippen molar-refractivity contribution in [1.29, 1.82) is 0 Å². The number of hydrogen-bond donors (Lipinski definition) is 2. The number of nitro groups is 1. The highest BCUT2D eigenvalue weighted by atomic mass is 16.6. The van der Waals surface area contributed by atoms with Crippen LogP contribution in [0.4, 0.5) is 22.7 Å². The van der Waals surface area contributed by atoms with Crippen LogP contribution in [-0.4, -0.2) is 41.4 Å². The van der Waals surface area contributed by atoms with Gasteiger partial charge in [0.1, 0.15) is 0 Å². The average molecular weight is 344 g/mol. The first-order chi connectivity index (χ1) is 12.0. The Morgan fingerprint density at radius 3 is 2.20 bits per heavy atom. The predicted octanol–water partition coefficient (Wildman–Crippen LogP) is 3.11. The minimum Gasteiger partial charge on any atom is -0.395 e. The molecule has 2 aromatic carbocycles. The largest absolute Gasteiger partial charge is 0.395 e. The van der Waals surface area contributed by atoms with E-state index in [1.165, 1.54) is 24.3 Å². The van der Waals surface area contributed by atoms with Crippen molar-refractivity contribution in [2.45, 2.75) is 6.92 Å². The molecular weight excluding hydrogens is 324 g/mol. The molecule has 8 heteroatoms. The van der Waals surface area contributed by atoms with Gasteiger partial charge in [0.25, 0.3) is 5.69 Å². The summed E-state index contributed by atoms with van der Waals surface area (Å²) in [6.07, 6.45) is 0. The lowest BCUT2D eigenvalue weighted by Crippen LogP contribution is -2.29. The van der Waals surface area contributed by atoms with Crippen molar-refractivity contribution in [1.82, 2.24) is 0 Å². The van der Waals surface area contributed by atoms with E-state index in [9.17, 15) is 10.1 Å². The summed E-state index contributed by atoms with van der Waals surface area (Å²) in [4.78, 5) is 12.0. The Kier molecular flexibility index (Phi) is 6.55. The molecule has 0 amide bonds. The number of nitrogens with zero attached hydrogens (tertiary/aromatic N) is 4. The topological polar surface area (TPSA) is 112 Å². The van der Waals surface area contributed by atoms with E-state index < -0.39 is 4.92 Å². The predicted molar refractivity (Wildman–Crippen MR) is 94.8 cm³/mol. The van der Waals surface area contributed by atoms with Crippen LogP contribution in [0.5, 0.6) is 0 Å². The molecule has 2 N–H and O–H groups in total. The molecule has 0 spiro atoms. The molecule has 0 heterocycles. The highest BCUT2D eigenvalue weighted by Gasteiger charge is 2.08. The van der Waals surface area contributed by atoms with Gasteiger partial charge in [0.05, 0.1) is 29.5 Å². The van der Waals surface area contributed by atoms with Crippen molar-refractivity contribution in [3.05, 3.63) is 58.1 Å². The van der Waals surface area contributed by atoms with E-state index >= 15 is 0 Å². The van der Waals surface area contributed by atoms with Crippen LogP contribution in [-0.2, 0) is 0 Å². The van der Waals surface area contributed by atoms with Crippen molar-refractivity contribution in [2.75, 3.05) is 31.2 Å². The highest BCUT2D eigenvalue weighted by Crippen LogP contribution is 2.27. The number of benzene rings is 2. The molecule has 0 atom stereocenters. The summed E-state index contributed by atoms with van der Waals surface area (Å²) >= 11 is 0. The van der Waals surface area contributed by atoms with Crippen LogP contribution in [0.15, 0.2) is 52.7 Å². The van der Waals surface area contributed by atoms with Gasteiger partial charge in [-0.05, 0) is 42.8 Å². The monoisotopic (exact) mass is 344 g/mol. The van der Waals surface area contributed by atoms with Gasteiger partial charge in [-0.1, -0.05) is 0 Å². The van der Waals surface area contributed by atoms with E-state index in [1.807, 2.05) is 24.0 Å². The third-order valence-corrected chi connectivity index (χ3v) is 3.62. The van der Waals surface area contributed by atoms with Crippen LogP contribution in [0, 0.1) is 17.0 Å². The SMILES string of the molecule is Cc1cc(N(CCO)CCO)ccc1N=Nc1ccc([N+](=O)[O-])cc1. The molecule has 0 unspecified atom stereocenters. The first-order valence-corrected chi connectivity index (χ1v) is 7.78. The third kappa shape index (κ3) is 5.07. The minimum atomic E-state index is -0.464. The molecule has 2 aromatic rings. The molecule has 132 valence electrons. The van der Waals surface area contributed by atoms with Crippen LogP contribution in [0.2, 0.25) is 0 Å². The summed E-state index contributed by atoms with van der Waals surface area (Å²) in [5, 5.41) is 37.1. The quantitative estimate of drug-likeness (QED) is 0.434. The molecule has 0 aliphatic carbocycles. The van der Waals surface area contributed by atoms with Gasteiger partial charge in [0, 0.05) is 30.9 Å². The van der Waals surface area contributed by atoms with Crippen LogP contribution in [0.25, 0.3) is 0 Å². The normalized spacial score (nSPS) is 11.0. The van der Waals surface area contributed by atoms with Crippen molar-refractivity contribution in [3.8, 4) is 0 Å². The van der Waals surface area contributed by atoms with Crippen molar-refractivity contribution < 1.29 is 15.1 Å². The summed E-state index contributed by atoms with van der Waals surface area (Å²) in [6, 6.07) is 11.4. The lowest BCUT2D eigenvalue weighted by molar-refractivity contribution is -0.384. The molecule has 25 heavy (non-hydrogen) atoms. The number of aliphatic hydroxyl groups is 2. The molecule has 0 aromatic heterocycles. The number of anilines is 1. The summed E-state index contributed by atoms with van der Waals surface area (Å²) in [7, 11) is 0. The van der Waals surface area contributed by atoms with Gasteiger partial charge in [-0.2, -0.15) is 10.2 Å². The van der Waals surface area contributed by atoms with E-state index in [-0.39, 0.29) is 18.9 Å². The summed E-state index contributed by atoms with van der Waals surface area (Å²) < 4.78 is 0. The Labute approximate surface area is 145 Å². The second-order valence-corrected chi connectivity index (χ2v) is 5.38. The molecule has 0 radical (unpaired) electrons. The van der Waals surface area contributed by atoms with Crippen molar-refractivity contribution in [2.24, 2.45) is 10.2 Å². The number of non-ortho nitro benzene ring substituents is 1. The standard InChI is InChI=1S/C17H20N4O4/c1-13-12-16(20(8-10-22)9-11-23)6-7-17(13)19-18-14-2-4-15(5-3-14)21(24)25/h2-7,12,22-23H,8-11H2,1H3. The lowest BCUT2D eigenvalue weighted by atomic mass is 10.1. The molecule has 0 saturated carbocycles. The summed E-state index contributed by atoms with van der Waals surface area (Å²) in [5.74, 6) is 0. The van der Waals surface area contributed by atoms with E-state index in [1.54, 1.807) is 6.07 Å². The average Bonchev–Trinajstić information content (AvgIpc) is 2.61. The molecule has 0 aliphatic rings. The van der Waals surface area contributed by atoms with Gasteiger partial charge in [0.2, 0.25) is 0 Å². The van der Waals surface area contributed by atoms with Crippen LogP contribution >= 0.6 is 0 Å². The van der Waals surface area contributed by atoms with Crippen LogP contribution in [0.1, 0.15) is 5.56 Å². The fourth-order valence-electron chi connectivity index (χ4n) is 2.31. The van der Waals surface area contributed by atoms with Gasteiger partial charge in [-0.3, -0.25) is 10.1 Å². The fourth-order valence-corrected chi connectivity index (χ4v) is 2.31. The first-order valence-electron chi connectivity index (χ1n) is 7.78. The van der Waals surface area contributed by atoms with Crippen LogP contribution < -0.4 is 4.90 Å². The zero-order chi connectivity index (χ0) is 18.2. The van der Waals surface area contributed by atoms with Gasteiger partial charge in [0.15, 0.2) is 0 Å². The summed E-state index contributed by atoms with van der Waals surface area (Å²) in [5.41, 5.74) is 2.98. The highest BCUT2D eigenvalue weighted by molar-refractivity contribution is 5.58. The molecule has 0 bridgehead atoms. The number of hydrogen-bond acceptors (Lipinski definition) is 7. The van der Waals surface area contributed by atoms with E-state index in [0.717, 1.165) is 11.3 Å². The Morgan fingerprint density at radius 2 is 1.68 bits per heavy atom. The Balaban J connectivity index is 2.15. The maximum atomic E-state index is 10.6. The zero-order valence-corrected chi connectivity index (χ0v) is 13.9. The van der Waals surface area contributed by atoms with Gasteiger partial charge in [-0.15, -0.1) is 0 Å². The molecule has 2 rings (SSSR count). The Bertz CT molecular complexity index is 741. The molecule has 8 nitrogen and oxygen atoms in total. The lowest BCUT2D eigenvalue weighted by Gasteiger charge is -2.23. The first kappa shape index (κ1) is 18.5. The van der Waals surface area contributed by atoms with Gasteiger partial charge < -0.3 is 15.1 Å². The number of azo groups is 1. The van der Waals surface area contributed by atoms with Gasteiger partial charge in [-0.25, -0.2) is 0 Å². The molecular formula is C17H20N4O4. The Hall–Kier alpha value is -2.84. The number of rotatable bonds is 8. The molecule has 0 fully saturated rings. The van der Waals surface area contributed by atoms with E-state index in [0.29, 0.717) is 24.5 Å². The molecule has 0 aliphatic heterocycles. The molecule has 0 saturated heterocycles. The number of aliphatic hydroxyl groups excluding tert-OH is 2. The zero-order valence-electron chi connectivity index (χ0n) is 13.9. The number of aryl methyl sites for hydroxylation is 1. The Morgan fingerprint density at radius 1 is 1.04 bits per heavy atom. The second kappa shape index (κ2) is 8.86. The van der Waals surface area contributed by atoms with Crippen molar-refractivity contribution >= 4 is 22.7 Å². The summed E-state index contributed by atoms with van der Waals surface area (Å²) in [6.45, 7) is 2.76. The smallest absolute Gasteiger partial charge is 0.269 e.